The van der Waals surface area contributed by atoms with Crippen LogP contribution in [0.2, 0.25) is 0 Å². The Labute approximate surface area is 97.1 Å². The average Bonchev–Trinajstić information content (AvgIpc) is 2.36. The van der Waals surface area contributed by atoms with Gasteiger partial charge in [0.05, 0.1) is 6.10 Å². The molecule has 2 atom stereocenters. The van der Waals surface area contributed by atoms with Crippen molar-refractivity contribution in [2.45, 2.75) is 70.2 Å². The SMILES string of the molecule is CC(C)(C)OC(=N)N1C2CCC1CC(O)C2. The Bertz CT molecular complexity index is 271. The Morgan fingerprint density at radius 2 is 1.75 bits per heavy atom. The number of amidine groups is 1. The van der Waals surface area contributed by atoms with E-state index in [2.05, 4.69) is 4.90 Å². The number of nitrogens with zero attached hydrogens (tertiary/aromatic N) is 1. The number of hydrogen-bond donors (Lipinski definition) is 2. The zero-order valence-electron chi connectivity index (χ0n) is 10.4. The van der Waals surface area contributed by atoms with Gasteiger partial charge in [0.25, 0.3) is 6.02 Å². The monoisotopic (exact) mass is 226 g/mol. The second-order valence-corrected chi connectivity index (χ2v) is 5.94. The molecule has 4 heteroatoms. The summed E-state index contributed by atoms with van der Waals surface area (Å²) in [6, 6.07) is 0.902. The van der Waals surface area contributed by atoms with Gasteiger partial charge in [-0.15, -0.1) is 0 Å². The molecule has 92 valence electrons. The van der Waals surface area contributed by atoms with E-state index in [9.17, 15) is 5.11 Å². The summed E-state index contributed by atoms with van der Waals surface area (Å²) in [6.45, 7) is 5.88. The van der Waals surface area contributed by atoms with E-state index in [1.165, 1.54) is 0 Å². The van der Waals surface area contributed by atoms with Crippen LogP contribution in [0.3, 0.4) is 0 Å². The van der Waals surface area contributed by atoms with Gasteiger partial charge in [-0.3, -0.25) is 5.41 Å². The summed E-state index contributed by atoms with van der Waals surface area (Å²) < 4.78 is 5.62. The number of aliphatic hydroxyl groups excluding tert-OH is 1. The molecule has 4 nitrogen and oxygen atoms in total. The van der Waals surface area contributed by atoms with E-state index in [4.69, 9.17) is 10.1 Å². The first kappa shape index (κ1) is 11.7. The second kappa shape index (κ2) is 3.91. The largest absolute Gasteiger partial charge is 0.460 e. The van der Waals surface area contributed by atoms with E-state index < -0.39 is 0 Å². The summed E-state index contributed by atoms with van der Waals surface area (Å²) in [6.07, 6.45) is 3.55. The molecule has 2 bridgehead atoms. The maximum Gasteiger partial charge on any atom is 0.285 e. The predicted molar refractivity (Wildman–Crippen MR) is 62.5 cm³/mol. The minimum absolute atomic E-state index is 0.184. The summed E-state index contributed by atoms with van der Waals surface area (Å²) >= 11 is 0. The van der Waals surface area contributed by atoms with Crippen LogP contribution < -0.4 is 0 Å². The van der Waals surface area contributed by atoms with Crippen LogP contribution in [0.4, 0.5) is 0 Å². The summed E-state index contributed by atoms with van der Waals surface area (Å²) in [5, 5.41) is 17.7. The maximum absolute atomic E-state index is 9.68. The Balaban J connectivity index is 2.03. The Morgan fingerprint density at radius 1 is 1.25 bits per heavy atom. The standard InChI is InChI=1S/C12H22N2O2/c1-12(2,3)16-11(13)14-8-4-5-9(14)7-10(15)6-8/h8-10,13,15H,4-7H2,1-3H3. The highest BCUT2D eigenvalue weighted by molar-refractivity contribution is 5.72. The fourth-order valence-electron chi connectivity index (χ4n) is 2.82. The molecule has 0 saturated carbocycles. The summed E-state index contributed by atoms with van der Waals surface area (Å²) in [7, 11) is 0. The van der Waals surface area contributed by atoms with Crippen LogP contribution in [0.5, 0.6) is 0 Å². The van der Waals surface area contributed by atoms with Gasteiger partial charge in [0.15, 0.2) is 0 Å². The number of aliphatic hydroxyl groups is 1. The molecule has 2 saturated heterocycles. The molecule has 2 unspecified atom stereocenters. The van der Waals surface area contributed by atoms with Crippen LogP contribution in [-0.2, 0) is 4.74 Å². The lowest BCUT2D eigenvalue weighted by molar-refractivity contribution is 0.0301. The molecular formula is C12H22N2O2. The topological polar surface area (TPSA) is 56.5 Å². The third kappa shape index (κ3) is 2.32. The molecule has 0 radical (unpaired) electrons. The van der Waals surface area contributed by atoms with Crippen molar-refractivity contribution in [3.8, 4) is 0 Å². The van der Waals surface area contributed by atoms with Crippen LogP contribution in [0.25, 0.3) is 0 Å². The van der Waals surface area contributed by atoms with Crippen LogP contribution in [0.15, 0.2) is 0 Å². The molecule has 0 aliphatic carbocycles. The van der Waals surface area contributed by atoms with Crippen molar-refractivity contribution in [2.75, 3.05) is 0 Å². The Hall–Kier alpha value is -0.770. The van der Waals surface area contributed by atoms with Gasteiger partial charge in [-0.25, -0.2) is 0 Å². The molecule has 2 heterocycles. The fraction of sp³-hybridized carbons (Fsp3) is 0.917. The van der Waals surface area contributed by atoms with E-state index in [-0.39, 0.29) is 17.7 Å². The van der Waals surface area contributed by atoms with E-state index in [0.717, 1.165) is 25.7 Å². The Morgan fingerprint density at radius 3 is 2.19 bits per heavy atom. The van der Waals surface area contributed by atoms with Gasteiger partial charge in [-0.1, -0.05) is 0 Å². The summed E-state index contributed by atoms with van der Waals surface area (Å²) in [4.78, 5) is 2.07. The maximum atomic E-state index is 9.68. The van der Waals surface area contributed by atoms with Gasteiger partial charge >= 0.3 is 0 Å². The summed E-state index contributed by atoms with van der Waals surface area (Å²) in [5.74, 6) is 0. The molecule has 0 aromatic carbocycles. The van der Waals surface area contributed by atoms with E-state index in [1.807, 2.05) is 20.8 Å². The van der Waals surface area contributed by atoms with Crippen LogP contribution in [-0.4, -0.2) is 39.8 Å². The number of hydrogen-bond acceptors (Lipinski definition) is 3. The molecule has 2 N–H and O–H groups in total. The smallest absolute Gasteiger partial charge is 0.285 e. The van der Waals surface area contributed by atoms with E-state index in [0.29, 0.717) is 12.1 Å². The van der Waals surface area contributed by atoms with Crippen molar-refractivity contribution in [1.82, 2.24) is 4.90 Å². The molecule has 2 aliphatic rings. The van der Waals surface area contributed by atoms with Crippen molar-refractivity contribution in [2.24, 2.45) is 0 Å². The van der Waals surface area contributed by atoms with Crippen molar-refractivity contribution < 1.29 is 9.84 Å². The molecule has 2 fully saturated rings. The lowest BCUT2D eigenvalue weighted by Gasteiger charge is -2.39. The lowest BCUT2D eigenvalue weighted by Crippen LogP contribution is -2.50. The van der Waals surface area contributed by atoms with Crippen LogP contribution in [0.1, 0.15) is 46.5 Å². The van der Waals surface area contributed by atoms with E-state index in [1.54, 1.807) is 0 Å². The van der Waals surface area contributed by atoms with Gasteiger partial charge in [0, 0.05) is 12.1 Å². The number of ether oxygens (including phenoxy) is 1. The van der Waals surface area contributed by atoms with E-state index >= 15 is 0 Å². The highest BCUT2D eigenvalue weighted by atomic mass is 16.5. The normalized spacial score (nSPS) is 34.0. The first-order valence-corrected chi connectivity index (χ1v) is 6.11. The first-order valence-electron chi connectivity index (χ1n) is 6.11. The predicted octanol–water partition coefficient (Wildman–Crippen LogP) is 1.72. The minimum Gasteiger partial charge on any atom is -0.460 e. The van der Waals surface area contributed by atoms with Crippen molar-refractivity contribution in [3.63, 3.8) is 0 Å². The fourth-order valence-corrected chi connectivity index (χ4v) is 2.82. The highest BCUT2D eigenvalue weighted by Gasteiger charge is 2.42. The third-order valence-electron chi connectivity index (χ3n) is 3.35. The zero-order chi connectivity index (χ0) is 11.9. The van der Waals surface area contributed by atoms with Gasteiger partial charge in [0.2, 0.25) is 0 Å². The highest BCUT2D eigenvalue weighted by Crippen LogP contribution is 2.36. The Kier molecular flexibility index (Phi) is 2.86. The molecule has 2 aliphatic heterocycles. The van der Waals surface area contributed by atoms with Gasteiger partial charge < -0.3 is 14.7 Å². The average molecular weight is 226 g/mol. The molecule has 0 spiro atoms. The third-order valence-corrected chi connectivity index (χ3v) is 3.35. The molecular weight excluding hydrogens is 204 g/mol. The van der Waals surface area contributed by atoms with Crippen molar-refractivity contribution >= 4 is 6.02 Å². The van der Waals surface area contributed by atoms with Crippen molar-refractivity contribution in [1.29, 1.82) is 5.41 Å². The second-order valence-electron chi connectivity index (χ2n) is 5.94. The number of fused-ring (bicyclic) bond motifs is 2. The van der Waals surface area contributed by atoms with Gasteiger partial charge in [-0.05, 0) is 46.5 Å². The summed E-state index contributed by atoms with van der Waals surface area (Å²) in [5.41, 5.74) is -0.313. The molecule has 16 heavy (non-hydrogen) atoms. The molecule has 0 aromatic heterocycles. The molecule has 0 amide bonds. The quantitative estimate of drug-likeness (QED) is 0.488. The molecule has 2 rings (SSSR count). The first-order chi connectivity index (χ1) is 7.37. The zero-order valence-corrected chi connectivity index (χ0v) is 10.4. The minimum atomic E-state index is -0.313. The number of piperidine rings is 1. The van der Waals surface area contributed by atoms with Crippen molar-refractivity contribution in [3.05, 3.63) is 0 Å². The lowest BCUT2D eigenvalue weighted by atomic mass is 10.0. The number of nitrogens with one attached hydrogen (secondary N) is 1. The van der Waals surface area contributed by atoms with Crippen LogP contribution >= 0.6 is 0 Å². The van der Waals surface area contributed by atoms with Gasteiger partial charge in [-0.2, -0.15) is 0 Å². The van der Waals surface area contributed by atoms with Gasteiger partial charge in [0.1, 0.15) is 5.60 Å². The molecule has 0 aromatic rings. The number of rotatable bonds is 0. The van der Waals surface area contributed by atoms with Crippen LogP contribution in [0, 0.1) is 5.41 Å².